The van der Waals surface area contributed by atoms with E-state index in [4.69, 9.17) is 10.5 Å². The average molecular weight is 230 g/mol. The maximum absolute atomic E-state index is 11.8. The number of amides is 1. The smallest absolute Gasteiger partial charge is 0.240 e. The van der Waals surface area contributed by atoms with Gasteiger partial charge in [-0.15, -0.1) is 0 Å². The van der Waals surface area contributed by atoms with Crippen LogP contribution < -0.4 is 11.1 Å². The number of nitrogens with two attached hydrogens (primary N) is 1. The van der Waals surface area contributed by atoms with E-state index in [1.807, 2.05) is 13.8 Å². The number of nitrogens with one attached hydrogen (secondary N) is 1. The summed E-state index contributed by atoms with van der Waals surface area (Å²) in [5.41, 5.74) is 4.20. The summed E-state index contributed by atoms with van der Waals surface area (Å²) < 4.78 is 5.10. The van der Waals surface area contributed by atoms with Crippen molar-refractivity contribution in [2.45, 2.75) is 44.2 Å². The van der Waals surface area contributed by atoms with Crippen molar-refractivity contribution in [1.82, 2.24) is 5.32 Å². The fourth-order valence-corrected chi connectivity index (χ4v) is 1.73. The molecule has 1 fully saturated rings. The zero-order valence-electron chi connectivity index (χ0n) is 10.1. The van der Waals surface area contributed by atoms with Crippen LogP contribution in [0.4, 0.5) is 0 Å². The maximum atomic E-state index is 11.8. The zero-order chi connectivity index (χ0) is 12.2. The molecular formula is C11H22N2O3. The van der Waals surface area contributed by atoms with Crippen molar-refractivity contribution in [2.24, 2.45) is 5.73 Å². The minimum absolute atomic E-state index is 0.196. The highest BCUT2D eigenvalue weighted by Gasteiger charge is 2.35. The molecule has 1 atom stereocenters. The van der Waals surface area contributed by atoms with Gasteiger partial charge in [-0.3, -0.25) is 4.79 Å². The summed E-state index contributed by atoms with van der Waals surface area (Å²) in [5.74, 6) is -0.196. The molecule has 1 rings (SSSR count). The van der Waals surface area contributed by atoms with Crippen LogP contribution in [0.25, 0.3) is 0 Å². The van der Waals surface area contributed by atoms with Gasteiger partial charge in [0.2, 0.25) is 5.91 Å². The van der Waals surface area contributed by atoms with Crippen molar-refractivity contribution in [2.75, 3.05) is 19.8 Å². The Balaban J connectivity index is 2.45. The van der Waals surface area contributed by atoms with E-state index in [1.165, 1.54) is 0 Å². The molecule has 0 radical (unpaired) electrons. The quantitative estimate of drug-likeness (QED) is 0.609. The van der Waals surface area contributed by atoms with Crippen LogP contribution >= 0.6 is 0 Å². The van der Waals surface area contributed by atoms with Gasteiger partial charge in [0.25, 0.3) is 0 Å². The van der Waals surface area contributed by atoms with Crippen LogP contribution in [0.2, 0.25) is 0 Å². The van der Waals surface area contributed by atoms with Crippen molar-refractivity contribution < 1.29 is 14.6 Å². The third kappa shape index (κ3) is 2.93. The van der Waals surface area contributed by atoms with E-state index in [9.17, 15) is 9.90 Å². The molecule has 0 spiro atoms. The highest BCUT2D eigenvalue weighted by Crippen LogP contribution is 2.18. The minimum Gasteiger partial charge on any atom is -0.386 e. The van der Waals surface area contributed by atoms with E-state index in [0.29, 0.717) is 25.9 Å². The summed E-state index contributed by atoms with van der Waals surface area (Å²) in [5, 5.41) is 12.7. The topological polar surface area (TPSA) is 84.6 Å². The molecular weight excluding hydrogens is 208 g/mol. The van der Waals surface area contributed by atoms with Crippen molar-refractivity contribution in [3.63, 3.8) is 0 Å². The van der Waals surface area contributed by atoms with Crippen molar-refractivity contribution in [3.8, 4) is 0 Å². The van der Waals surface area contributed by atoms with Crippen LogP contribution in [0.3, 0.4) is 0 Å². The first-order chi connectivity index (χ1) is 7.46. The van der Waals surface area contributed by atoms with E-state index in [0.717, 1.165) is 0 Å². The second kappa shape index (κ2) is 5.12. The van der Waals surface area contributed by atoms with Gasteiger partial charge < -0.3 is 20.9 Å². The molecule has 0 aromatic heterocycles. The van der Waals surface area contributed by atoms with Gasteiger partial charge >= 0.3 is 0 Å². The van der Waals surface area contributed by atoms with Gasteiger partial charge in [0.05, 0.1) is 12.1 Å². The summed E-state index contributed by atoms with van der Waals surface area (Å²) in [4.78, 5) is 11.8. The molecule has 0 aliphatic carbocycles. The fourth-order valence-electron chi connectivity index (χ4n) is 1.73. The lowest BCUT2D eigenvalue weighted by Crippen LogP contribution is -2.56. The van der Waals surface area contributed by atoms with Crippen LogP contribution in [0.15, 0.2) is 0 Å². The van der Waals surface area contributed by atoms with Gasteiger partial charge in [0.1, 0.15) is 5.60 Å². The van der Waals surface area contributed by atoms with Crippen LogP contribution in [-0.2, 0) is 9.53 Å². The monoisotopic (exact) mass is 230 g/mol. The predicted octanol–water partition coefficient (Wildman–Crippen LogP) is -0.228. The normalized spacial score (nSPS) is 25.8. The molecule has 1 saturated heterocycles. The van der Waals surface area contributed by atoms with Gasteiger partial charge in [-0.25, -0.2) is 0 Å². The first-order valence-corrected chi connectivity index (χ1v) is 5.83. The lowest BCUT2D eigenvalue weighted by atomic mass is 9.92. The Morgan fingerprint density at radius 1 is 1.56 bits per heavy atom. The maximum Gasteiger partial charge on any atom is 0.240 e. The summed E-state index contributed by atoms with van der Waals surface area (Å²) in [6.07, 6.45) is 1.73. The summed E-state index contributed by atoms with van der Waals surface area (Å²) in [6, 6.07) is 0. The van der Waals surface area contributed by atoms with Gasteiger partial charge in [-0.2, -0.15) is 0 Å². The Morgan fingerprint density at radius 3 is 2.62 bits per heavy atom. The second-order valence-corrected chi connectivity index (χ2v) is 4.57. The number of hydrogen-bond donors (Lipinski definition) is 3. The Bertz CT molecular complexity index is 246. The number of rotatable bonds is 5. The van der Waals surface area contributed by atoms with E-state index >= 15 is 0 Å². The molecule has 1 aliphatic heterocycles. The average Bonchev–Trinajstić information content (AvgIpc) is 2.72. The fraction of sp³-hybridized carbons (Fsp3) is 0.909. The van der Waals surface area contributed by atoms with Crippen LogP contribution in [-0.4, -0.2) is 41.9 Å². The first kappa shape index (κ1) is 13.4. The van der Waals surface area contributed by atoms with Gasteiger partial charge in [-0.05, 0) is 12.8 Å². The number of carbonyl (C=O) groups excluding carboxylic acids is 1. The molecule has 0 aromatic carbocycles. The van der Waals surface area contributed by atoms with E-state index < -0.39 is 11.1 Å². The Kier molecular flexibility index (Phi) is 4.29. The zero-order valence-corrected chi connectivity index (χ0v) is 10.1. The standard InChI is InChI=1S/C11H22N2O3/c1-3-11(12,4-2)9(14)13-7-10(15)5-6-16-8-10/h15H,3-8,12H2,1-2H3,(H,13,14). The highest BCUT2D eigenvalue weighted by atomic mass is 16.5. The molecule has 5 nitrogen and oxygen atoms in total. The number of hydrogen-bond acceptors (Lipinski definition) is 4. The Hall–Kier alpha value is -0.650. The van der Waals surface area contributed by atoms with Crippen LogP contribution in [0.5, 0.6) is 0 Å². The summed E-state index contributed by atoms with van der Waals surface area (Å²) in [6.45, 7) is 4.81. The molecule has 5 heteroatoms. The lowest BCUT2D eigenvalue weighted by molar-refractivity contribution is -0.127. The van der Waals surface area contributed by atoms with Gasteiger partial charge in [0.15, 0.2) is 0 Å². The highest BCUT2D eigenvalue weighted by molar-refractivity contribution is 5.85. The van der Waals surface area contributed by atoms with Crippen LogP contribution in [0.1, 0.15) is 33.1 Å². The van der Waals surface area contributed by atoms with Crippen molar-refractivity contribution in [1.29, 1.82) is 0 Å². The summed E-state index contributed by atoms with van der Waals surface area (Å²) in [7, 11) is 0. The number of aliphatic hydroxyl groups is 1. The lowest BCUT2D eigenvalue weighted by Gasteiger charge is -2.28. The van der Waals surface area contributed by atoms with Gasteiger partial charge in [-0.1, -0.05) is 13.8 Å². The van der Waals surface area contributed by atoms with E-state index in [2.05, 4.69) is 5.32 Å². The van der Waals surface area contributed by atoms with Gasteiger partial charge in [0, 0.05) is 19.6 Å². The third-order valence-electron chi connectivity index (χ3n) is 3.37. The molecule has 1 heterocycles. The molecule has 4 N–H and O–H groups in total. The second-order valence-electron chi connectivity index (χ2n) is 4.57. The van der Waals surface area contributed by atoms with Crippen molar-refractivity contribution in [3.05, 3.63) is 0 Å². The molecule has 0 saturated carbocycles. The SMILES string of the molecule is CCC(N)(CC)C(=O)NCC1(O)CCOC1. The molecule has 0 aromatic rings. The molecule has 1 amide bonds. The van der Waals surface area contributed by atoms with E-state index in [-0.39, 0.29) is 19.1 Å². The Morgan fingerprint density at radius 2 is 2.19 bits per heavy atom. The third-order valence-corrected chi connectivity index (χ3v) is 3.37. The Labute approximate surface area is 96.3 Å². The molecule has 0 bridgehead atoms. The first-order valence-electron chi connectivity index (χ1n) is 5.83. The number of carbonyl (C=O) groups is 1. The molecule has 16 heavy (non-hydrogen) atoms. The summed E-state index contributed by atoms with van der Waals surface area (Å²) >= 11 is 0. The van der Waals surface area contributed by atoms with Crippen molar-refractivity contribution >= 4 is 5.91 Å². The molecule has 1 unspecified atom stereocenters. The minimum atomic E-state index is -0.919. The molecule has 1 aliphatic rings. The van der Waals surface area contributed by atoms with E-state index in [1.54, 1.807) is 0 Å². The van der Waals surface area contributed by atoms with Crippen LogP contribution in [0, 0.1) is 0 Å². The largest absolute Gasteiger partial charge is 0.386 e. The molecule has 94 valence electrons. The number of ether oxygens (including phenoxy) is 1. The predicted molar refractivity (Wildman–Crippen MR) is 60.9 cm³/mol.